The summed E-state index contributed by atoms with van der Waals surface area (Å²) in [6.07, 6.45) is 5.82. The van der Waals surface area contributed by atoms with Gasteiger partial charge in [0.1, 0.15) is 6.04 Å². The second-order valence-corrected chi connectivity index (χ2v) is 10.00. The van der Waals surface area contributed by atoms with E-state index in [2.05, 4.69) is 5.32 Å². The van der Waals surface area contributed by atoms with Gasteiger partial charge in [-0.05, 0) is 43.0 Å². The van der Waals surface area contributed by atoms with E-state index in [0.717, 1.165) is 42.4 Å². The fourth-order valence-corrected chi connectivity index (χ4v) is 4.95. The Labute approximate surface area is 226 Å². The molecule has 0 unspecified atom stereocenters. The fraction of sp³-hybridized carbons (Fsp3) is 0.375. The highest BCUT2D eigenvalue weighted by Crippen LogP contribution is 2.26. The third-order valence-corrected chi connectivity index (χ3v) is 7.12. The zero-order chi connectivity index (χ0) is 26.7. The Morgan fingerprint density at radius 3 is 2.21 bits per heavy atom. The predicted octanol–water partition coefficient (Wildman–Crippen LogP) is 5.47. The molecule has 1 aliphatic carbocycles. The van der Waals surface area contributed by atoms with Gasteiger partial charge in [0.15, 0.2) is 18.1 Å². The van der Waals surface area contributed by atoms with Crippen LogP contribution in [0.5, 0.6) is 11.5 Å². The molecule has 1 atom stereocenters. The Bertz CT molecular complexity index is 1170. The van der Waals surface area contributed by atoms with Crippen LogP contribution < -0.4 is 14.8 Å². The van der Waals surface area contributed by atoms with Crippen molar-refractivity contribution in [3.63, 3.8) is 0 Å². The minimum absolute atomic E-state index is 0.112. The molecule has 0 bridgehead atoms. The van der Waals surface area contributed by atoms with Gasteiger partial charge in [0, 0.05) is 19.0 Å². The van der Waals surface area contributed by atoms with E-state index in [4.69, 9.17) is 9.47 Å². The van der Waals surface area contributed by atoms with Crippen molar-refractivity contribution < 1.29 is 19.1 Å². The number of hydrogen-bond acceptors (Lipinski definition) is 4. The van der Waals surface area contributed by atoms with Crippen molar-refractivity contribution in [2.24, 2.45) is 0 Å². The molecular formula is C32H38N2O4. The fourth-order valence-electron chi connectivity index (χ4n) is 4.95. The Hall–Kier alpha value is -3.80. The Morgan fingerprint density at radius 2 is 1.53 bits per heavy atom. The maximum atomic E-state index is 13.8. The number of rotatable bonds is 11. The van der Waals surface area contributed by atoms with Crippen molar-refractivity contribution in [2.45, 2.75) is 64.1 Å². The molecule has 3 aromatic carbocycles. The second kappa shape index (κ2) is 13.7. The SMILES string of the molecule is COc1ccccc1OCC(=O)N(Cc1ccc(C)cc1)[C@H](Cc1ccccc1)C(=O)NC1CCCCC1. The molecule has 3 aromatic rings. The van der Waals surface area contributed by atoms with Crippen molar-refractivity contribution in [3.8, 4) is 11.5 Å². The van der Waals surface area contributed by atoms with E-state index >= 15 is 0 Å². The van der Waals surface area contributed by atoms with E-state index in [9.17, 15) is 9.59 Å². The summed E-state index contributed by atoms with van der Waals surface area (Å²) in [4.78, 5) is 29.3. The smallest absolute Gasteiger partial charge is 0.261 e. The molecule has 0 heterocycles. The summed E-state index contributed by atoms with van der Waals surface area (Å²) in [7, 11) is 1.57. The first-order chi connectivity index (χ1) is 18.5. The van der Waals surface area contributed by atoms with Crippen molar-refractivity contribution >= 4 is 11.8 Å². The van der Waals surface area contributed by atoms with Crippen molar-refractivity contribution in [1.29, 1.82) is 0 Å². The number of para-hydroxylation sites is 2. The third-order valence-electron chi connectivity index (χ3n) is 7.12. The highest BCUT2D eigenvalue weighted by atomic mass is 16.5. The number of methoxy groups -OCH3 is 1. The predicted molar refractivity (Wildman–Crippen MR) is 149 cm³/mol. The Balaban J connectivity index is 1.61. The van der Waals surface area contributed by atoms with Gasteiger partial charge in [-0.25, -0.2) is 0 Å². The van der Waals surface area contributed by atoms with Crippen LogP contribution in [0.1, 0.15) is 48.8 Å². The summed E-state index contributed by atoms with van der Waals surface area (Å²) >= 11 is 0. The van der Waals surface area contributed by atoms with Crippen LogP contribution >= 0.6 is 0 Å². The van der Waals surface area contributed by atoms with E-state index < -0.39 is 6.04 Å². The number of aryl methyl sites for hydroxylation is 1. The van der Waals surface area contributed by atoms with Crippen molar-refractivity contribution in [2.75, 3.05) is 13.7 Å². The lowest BCUT2D eigenvalue weighted by atomic mass is 9.94. The van der Waals surface area contributed by atoms with Gasteiger partial charge in [-0.2, -0.15) is 0 Å². The number of carbonyl (C=O) groups is 2. The molecule has 0 saturated heterocycles. The first kappa shape index (κ1) is 27.2. The average molecular weight is 515 g/mol. The first-order valence-corrected chi connectivity index (χ1v) is 13.5. The van der Waals surface area contributed by atoms with E-state index in [1.54, 1.807) is 24.1 Å². The molecule has 0 aromatic heterocycles. The zero-order valence-electron chi connectivity index (χ0n) is 22.4. The summed E-state index contributed by atoms with van der Waals surface area (Å²) in [5.74, 6) is 0.681. The van der Waals surface area contributed by atoms with Gasteiger partial charge in [0.2, 0.25) is 5.91 Å². The molecule has 1 saturated carbocycles. The molecular weight excluding hydrogens is 476 g/mol. The summed E-state index contributed by atoms with van der Waals surface area (Å²) in [5.41, 5.74) is 3.11. The molecule has 1 aliphatic rings. The van der Waals surface area contributed by atoms with Crippen LogP contribution in [0, 0.1) is 6.92 Å². The zero-order valence-corrected chi connectivity index (χ0v) is 22.4. The topological polar surface area (TPSA) is 67.9 Å². The monoisotopic (exact) mass is 514 g/mol. The molecule has 6 nitrogen and oxygen atoms in total. The molecule has 1 fully saturated rings. The van der Waals surface area contributed by atoms with Crippen LogP contribution in [0.25, 0.3) is 0 Å². The second-order valence-electron chi connectivity index (χ2n) is 10.00. The van der Waals surface area contributed by atoms with Gasteiger partial charge >= 0.3 is 0 Å². The lowest BCUT2D eigenvalue weighted by Gasteiger charge is -2.33. The Morgan fingerprint density at radius 1 is 0.868 bits per heavy atom. The number of hydrogen-bond donors (Lipinski definition) is 1. The van der Waals surface area contributed by atoms with Crippen LogP contribution in [-0.4, -0.2) is 42.5 Å². The average Bonchev–Trinajstić information content (AvgIpc) is 2.95. The molecule has 4 rings (SSSR count). The minimum Gasteiger partial charge on any atom is -0.493 e. The van der Waals surface area contributed by atoms with Gasteiger partial charge in [-0.3, -0.25) is 9.59 Å². The highest BCUT2D eigenvalue weighted by molar-refractivity contribution is 5.88. The lowest BCUT2D eigenvalue weighted by Crippen LogP contribution is -2.53. The summed E-state index contributed by atoms with van der Waals surface area (Å²) in [6, 6.07) is 24.7. The van der Waals surface area contributed by atoms with Crippen LogP contribution in [-0.2, 0) is 22.6 Å². The van der Waals surface area contributed by atoms with Crippen molar-refractivity contribution in [3.05, 3.63) is 95.6 Å². The quantitative estimate of drug-likeness (QED) is 0.368. The summed E-state index contributed by atoms with van der Waals surface area (Å²) < 4.78 is 11.3. The highest BCUT2D eigenvalue weighted by Gasteiger charge is 2.32. The summed E-state index contributed by atoms with van der Waals surface area (Å²) in [5, 5.41) is 3.27. The largest absolute Gasteiger partial charge is 0.493 e. The third kappa shape index (κ3) is 7.60. The molecule has 6 heteroatoms. The molecule has 0 aliphatic heterocycles. The van der Waals surface area contributed by atoms with Crippen LogP contribution in [0.3, 0.4) is 0 Å². The van der Waals surface area contributed by atoms with E-state index in [0.29, 0.717) is 24.5 Å². The number of benzene rings is 3. The number of nitrogens with one attached hydrogen (secondary N) is 1. The molecule has 0 spiro atoms. The maximum Gasteiger partial charge on any atom is 0.261 e. The molecule has 2 amide bonds. The molecule has 1 N–H and O–H groups in total. The van der Waals surface area contributed by atoms with E-state index in [-0.39, 0.29) is 24.5 Å². The number of ether oxygens (including phenoxy) is 2. The van der Waals surface area contributed by atoms with Crippen LogP contribution in [0.4, 0.5) is 0 Å². The number of carbonyl (C=O) groups excluding carboxylic acids is 2. The summed E-state index contributed by atoms with van der Waals surface area (Å²) in [6.45, 7) is 2.14. The van der Waals surface area contributed by atoms with Crippen LogP contribution in [0.15, 0.2) is 78.9 Å². The van der Waals surface area contributed by atoms with Crippen molar-refractivity contribution in [1.82, 2.24) is 10.2 Å². The molecule has 38 heavy (non-hydrogen) atoms. The molecule has 0 radical (unpaired) electrons. The van der Waals surface area contributed by atoms with Gasteiger partial charge < -0.3 is 19.7 Å². The van der Waals surface area contributed by atoms with Gasteiger partial charge in [-0.15, -0.1) is 0 Å². The van der Waals surface area contributed by atoms with Crippen LogP contribution in [0.2, 0.25) is 0 Å². The lowest BCUT2D eigenvalue weighted by molar-refractivity contribution is -0.143. The first-order valence-electron chi connectivity index (χ1n) is 13.5. The number of amides is 2. The standard InChI is InChI=1S/C32H38N2O4/c1-24-17-19-26(20-18-24)22-34(31(35)23-38-30-16-10-9-15-29(30)37-2)28(21-25-11-5-3-6-12-25)32(36)33-27-13-7-4-8-14-27/h3,5-6,9-12,15-20,27-28H,4,7-8,13-14,21-23H2,1-2H3,(H,33,36)/t28-/m1/s1. The van der Waals surface area contributed by atoms with Gasteiger partial charge in [0.05, 0.1) is 7.11 Å². The van der Waals surface area contributed by atoms with Gasteiger partial charge in [-0.1, -0.05) is 91.6 Å². The minimum atomic E-state index is -0.672. The Kier molecular flexibility index (Phi) is 9.79. The normalized spacial score (nSPS) is 14.4. The van der Waals surface area contributed by atoms with E-state index in [1.807, 2.05) is 73.7 Å². The van der Waals surface area contributed by atoms with E-state index in [1.165, 1.54) is 6.42 Å². The number of nitrogens with zero attached hydrogens (tertiary/aromatic N) is 1. The molecule has 200 valence electrons. The maximum absolute atomic E-state index is 13.8. The van der Waals surface area contributed by atoms with Gasteiger partial charge in [0.25, 0.3) is 5.91 Å².